The number of halogens is 2. The summed E-state index contributed by atoms with van der Waals surface area (Å²) in [7, 11) is 0. The number of ether oxygens (including phenoxy) is 1. The number of carbonyl (C=O) groups excluding carboxylic acids is 2. The molecule has 0 atom stereocenters. The quantitative estimate of drug-likeness (QED) is 0.364. The second-order valence-electron chi connectivity index (χ2n) is 4.02. The van der Waals surface area contributed by atoms with Crippen LogP contribution in [0.3, 0.4) is 0 Å². The zero-order chi connectivity index (χ0) is 16.3. The van der Waals surface area contributed by atoms with Crippen LogP contribution in [0.2, 0.25) is 0 Å². The number of rotatable bonds is 5. The summed E-state index contributed by atoms with van der Waals surface area (Å²) in [5, 5.41) is 10.4. The number of Topliss-reactive ketones (excluding diaryl/α,β-unsaturated/α-hetero) is 1. The van der Waals surface area contributed by atoms with Crippen molar-refractivity contribution in [1.82, 2.24) is 0 Å². The fourth-order valence-corrected chi connectivity index (χ4v) is 1.49. The van der Waals surface area contributed by atoms with Crippen molar-refractivity contribution in [3.05, 3.63) is 63.4 Å². The summed E-state index contributed by atoms with van der Waals surface area (Å²) >= 11 is 0. The Balaban J connectivity index is 1.99. The van der Waals surface area contributed by atoms with Gasteiger partial charge >= 0.3 is 11.9 Å². The third kappa shape index (κ3) is 3.32. The Morgan fingerprint density at radius 3 is 2.50 bits per heavy atom. The number of esters is 1. The summed E-state index contributed by atoms with van der Waals surface area (Å²) < 4.78 is 34.9. The van der Waals surface area contributed by atoms with E-state index >= 15 is 0 Å². The van der Waals surface area contributed by atoms with Gasteiger partial charge in [-0.2, -0.15) is 0 Å². The first kappa shape index (κ1) is 15.3. The number of ketones is 1. The molecular weight excluding hydrogens is 304 g/mol. The standard InChI is InChI=1S/C13H7F2NO6/c14-8-2-1-7(5-9(8)15)10(17)6-21-13(18)11-3-4-12(22-11)16(19)20/h1-5H,6H2. The lowest BCUT2D eigenvalue weighted by molar-refractivity contribution is -0.402. The molecule has 1 aromatic heterocycles. The Kier molecular flexibility index (Phi) is 4.25. The summed E-state index contributed by atoms with van der Waals surface area (Å²) in [5.74, 6) is -5.30. The predicted molar refractivity (Wildman–Crippen MR) is 66.3 cm³/mol. The fraction of sp³-hybridized carbons (Fsp3) is 0.0769. The van der Waals surface area contributed by atoms with E-state index in [2.05, 4.69) is 9.15 Å². The number of benzene rings is 1. The van der Waals surface area contributed by atoms with Crippen LogP contribution in [-0.4, -0.2) is 23.3 Å². The summed E-state index contributed by atoms with van der Waals surface area (Å²) in [6.07, 6.45) is 0. The zero-order valence-electron chi connectivity index (χ0n) is 10.7. The van der Waals surface area contributed by atoms with Gasteiger partial charge in [-0.05, 0) is 24.3 Å². The van der Waals surface area contributed by atoms with Gasteiger partial charge < -0.3 is 9.15 Å². The average Bonchev–Trinajstić information content (AvgIpc) is 2.97. The van der Waals surface area contributed by atoms with E-state index in [-0.39, 0.29) is 5.56 Å². The number of hydrogen-bond acceptors (Lipinski definition) is 6. The van der Waals surface area contributed by atoms with Crippen molar-refractivity contribution in [2.75, 3.05) is 6.61 Å². The third-order valence-corrected chi connectivity index (χ3v) is 2.55. The van der Waals surface area contributed by atoms with Gasteiger partial charge in [-0.25, -0.2) is 13.6 Å². The Morgan fingerprint density at radius 2 is 1.91 bits per heavy atom. The predicted octanol–water partition coefficient (Wildman–Crippen LogP) is 2.51. The normalized spacial score (nSPS) is 10.3. The molecule has 22 heavy (non-hydrogen) atoms. The van der Waals surface area contributed by atoms with Crippen molar-refractivity contribution in [3.8, 4) is 0 Å². The van der Waals surface area contributed by atoms with Gasteiger partial charge in [0.1, 0.15) is 4.92 Å². The van der Waals surface area contributed by atoms with Crippen molar-refractivity contribution in [2.45, 2.75) is 0 Å². The van der Waals surface area contributed by atoms with E-state index in [9.17, 15) is 28.5 Å². The van der Waals surface area contributed by atoms with Gasteiger partial charge in [-0.3, -0.25) is 14.9 Å². The number of carbonyl (C=O) groups is 2. The van der Waals surface area contributed by atoms with E-state index < -0.39 is 46.6 Å². The minimum atomic E-state index is -1.21. The molecule has 0 saturated heterocycles. The highest BCUT2D eigenvalue weighted by Gasteiger charge is 2.20. The summed E-state index contributed by atoms with van der Waals surface area (Å²) in [4.78, 5) is 32.7. The number of nitrogens with zero attached hydrogens (tertiary/aromatic N) is 1. The number of hydrogen-bond donors (Lipinski definition) is 0. The van der Waals surface area contributed by atoms with E-state index in [1.54, 1.807) is 0 Å². The first-order valence-electron chi connectivity index (χ1n) is 5.78. The largest absolute Gasteiger partial charge is 0.451 e. The van der Waals surface area contributed by atoms with Crippen LogP contribution < -0.4 is 0 Å². The Morgan fingerprint density at radius 1 is 1.18 bits per heavy atom. The third-order valence-electron chi connectivity index (χ3n) is 2.55. The van der Waals surface area contributed by atoms with Crippen LogP contribution in [0.5, 0.6) is 0 Å². The second-order valence-corrected chi connectivity index (χ2v) is 4.02. The van der Waals surface area contributed by atoms with Gasteiger partial charge in [0.05, 0.1) is 6.07 Å². The van der Waals surface area contributed by atoms with E-state index in [1.807, 2.05) is 0 Å². The lowest BCUT2D eigenvalue weighted by atomic mass is 10.1. The molecule has 114 valence electrons. The molecule has 2 rings (SSSR count). The number of nitro groups is 1. The zero-order valence-corrected chi connectivity index (χ0v) is 10.7. The molecule has 0 aliphatic rings. The monoisotopic (exact) mass is 311 g/mol. The fourth-order valence-electron chi connectivity index (χ4n) is 1.49. The molecule has 0 radical (unpaired) electrons. The van der Waals surface area contributed by atoms with Crippen molar-refractivity contribution in [2.24, 2.45) is 0 Å². The molecule has 7 nitrogen and oxygen atoms in total. The SMILES string of the molecule is O=C(COC(=O)c1ccc([N+](=O)[O-])o1)c1ccc(F)c(F)c1. The maximum absolute atomic E-state index is 13.0. The Bertz CT molecular complexity index is 755. The second kappa shape index (κ2) is 6.12. The molecule has 0 aliphatic heterocycles. The molecule has 9 heteroatoms. The molecule has 0 spiro atoms. The van der Waals surface area contributed by atoms with Gasteiger partial charge in [0, 0.05) is 5.56 Å². The topological polar surface area (TPSA) is 99.7 Å². The highest BCUT2D eigenvalue weighted by atomic mass is 19.2. The van der Waals surface area contributed by atoms with Crippen molar-refractivity contribution in [3.63, 3.8) is 0 Å². The first-order valence-corrected chi connectivity index (χ1v) is 5.78. The molecule has 0 N–H and O–H groups in total. The van der Waals surface area contributed by atoms with Gasteiger partial charge in [0.2, 0.25) is 5.76 Å². The van der Waals surface area contributed by atoms with E-state index in [1.165, 1.54) is 0 Å². The summed E-state index contributed by atoms with van der Waals surface area (Å²) in [6, 6.07) is 4.44. The van der Waals surface area contributed by atoms with E-state index in [4.69, 9.17) is 0 Å². The van der Waals surface area contributed by atoms with Crippen molar-refractivity contribution in [1.29, 1.82) is 0 Å². The van der Waals surface area contributed by atoms with Crippen molar-refractivity contribution >= 4 is 17.6 Å². The minimum absolute atomic E-state index is 0.183. The molecular formula is C13H7F2NO6. The van der Waals surface area contributed by atoms with E-state index in [0.717, 1.165) is 24.3 Å². The lowest BCUT2D eigenvalue weighted by Gasteiger charge is -2.03. The minimum Gasteiger partial charge on any atom is -0.451 e. The van der Waals surface area contributed by atoms with Crippen LogP contribution in [0, 0.1) is 21.7 Å². The molecule has 2 aromatic rings. The van der Waals surface area contributed by atoms with Crippen LogP contribution in [0.1, 0.15) is 20.9 Å². The van der Waals surface area contributed by atoms with Gasteiger partial charge in [0.25, 0.3) is 0 Å². The molecule has 0 aliphatic carbocycles. The van der Waals surface area contributed by atoms with Crippen LogP contribution in [0.25, 0.3) is 0 Å². The van der Waals surface area contributed by atoms with Crippen LogP contribution in [0.4, 0.5) is 14.7 Å². The molecule has 0 fully saturated rings. The highest BCUT2D eigenvalue weighted by Crippen LogP contribution is 2.16. The van der Waals surface area contributed by atoms with Gasteiger partial charge in [-0.15, -0.1) is 0 Å². The smallest absolute Gasteiger partial charge is 0.433 e. The van der Waals surface area contributed by atoms with E-state index in [0.29, 0.717) is 6.07 Å². The average molecular weight is 311 g/mol. The maximum Gasteiger partial charge on any atom is 0.433 e. The van der Waals surface area contributed by atoms with Crippen LogP contribution in [-0.2, 0) is 4.74 Å². The molecule has 0 unspecified atom stereocenters. The molecule has 0 bridgehead atoms. The molecule has 0 saturated carbocycles. The van der Waals surface area contributed by atoms with Crippen molar-refractivity contribution < 1.29 is 32.4 Å². The molecule has 0 amide bonds. The van der Waals surface area contributed by atoms with Crippen LogP contribution >= 0.6 is 0 Å². The van der Waals surface area contributed by atoms with Gasteiger partial charge in [-0.1, -0.05) is 0 Å². The lowest BCUT2D eigenvalue weighted by Crippen LogP contribution is -2.14. The maximum atomic E-state index is 13.0. The van der Waals surface area contributed by atoms with Gasteiger partial charge in [0.15, 0.2) is 24.0 Å². The molecule has 1 aromatic carbocycles. The Hall–Kier alpha value is -3.10. The van der Waals surface area contributed by atoms with Crippen LogP contribution in [0.15, 0.2) is 34.7 Å². The highest BCUT2D eigenvalue weighted by molar-refractivity contribution is 5.98. The Labute approximate surface area is 121 Å². The summed E-state index contributed by atoms with van der Waals surface area (Å²) in [5.41, 5.74) is -0.183. The number of furan rings is 1. The summed E-state index contributed by atoms with van der Waals surface area (Å²) in [6.45, 7) is -0.752. The molecule has 1 heterocycles. The first-order chi connectivity index (χ1) is 10.4.